The van der Waals surface area contributed by atoms with Gasteiger partial charge in [-0.3, -0.25) is 0 Å². The summed E-state index contributed by atoms with van der Waals surface area (Å²) in [5.41, 5.74) is 3.63. The first-order valence-corrected chi connectivity index (χ1v) is 12.2. The first-order chi connectivity index (χ1) is 17.2. The van der Waals surface area contributed by atoms with E-state index < -0.39 is 43.5 Å². The van der Waals surface area contributed by atoms with E-state index >= 15 is 0 Å². The molecule has 1 saturated heterocycles. The molecule has 5 atom stereocenters. The van der Waals surface area contributed by atoms with Gasteiger partial charge in [0, 0.05) is 6.42 Å². The van der Waals surface area contributed by atoms with Crippen molar-refractivity contribution in [3.05, 3.63) is 64.7 Å². The Balaban J connectivity index is 1.74. The van der Waals surface area contributed by atoms with E-state index in [2.05, 4.69) is 19.1 Å². The monoisotopic (exact) mass is 504 g/mol. The van der Waals surface area contributed by atoms with Crippen LogP contribution in [0.1, 0.15) is 43.0 Å². The molecule has 1 aliphatic rings. The lowest BCUT2D eigenvalue weighted by Gasteiger charge is -2.40. The first-order valence-electron chi connectivity index (χ1n) is 12.2. The van der Waals surface area contributed by atoms with E-state index in [0.29, 0.717) is 17.7 Å². The topological polar surface area (TPSA) is 135 Å². The summed E-state index contributed by atoms with van der Waals surface area (Å²) in [7, 11) is 0. The van der Waals surface area contributed by atoms with Crippen molar-refractivity contribution in [2.24, 2.45) is 5.92 Å². The average molecular weight is 505 g/mol. The van der Waals surface area contributed by atoms with Gasteiger partial charge in [0.15, 0.2) is 0 Å². The number of ether oxygens (including phenoxy) is 4. The Labute approximate surface area is 211 Å². The molecule has 1 fully saturated rings. The van der Waals surface area contributed by atoms with E-state index in [0.717, 1.165) is 17.5 Å². The standard InChI is InChI=1S/C27H36O9/c1-4-17-5-7-18(8-6-17)11-20-10-9-19(13-28)12-21(20)35-26-25(31)24(30)23(29)22(36-26)15-34-27(32)33-14-16(2)3/h5-10,12,16,22-26,28-31H,4,11,13-15H2,1-3H3/t22-,23-,24+,25-,26+/m1/s1. The lowest BCUT2D eigenvalue weighted by molar-refractivity contribution is -0.278. The molecule has 3 rings (SSSR count). The molecule has 2 aromatic rings. The molecule has 1 heterocycles. The van der Waals surface area contributed by atoms with Crippen LogP contribution in [0.15, 0.2) is 42.5 Å². The van der Waals surface area contributed by atoms with Gasteiger partial charge in [-0.2, -0.15) is 0 Å². The summed E-state index contributed by atoms with van der Waals surface area (Å²) < 4.78 is 21.6. The highest BCUT2D eigenvalue weighted by Crippen LogP contribution is 2.29. The van der Waals surface area contributed by atoms with Gasteiger partial charge in [0.1, 0.15) is 36.8 Å². The van der Waals surface area contributed by atoms with Crippen molar-refractivity contribution >= 4 is 6.16 Å². The summed E-state index contributed by atoms with van der Waals surface area (Å²) in [6, 6.07) is 13.4. The summed E-state index contributed by atoms with van der Waals surface area (Å²) in [5.74, 6) is 0.474. The van der Waals surface area contributed by atoms with Gasteiger partial charge in [-0.05, 0) is 40.7 Å². The van der Waals surface area contributed by atoms with Crippen molar-refractivity contribution in [3.8, 4) is 5.75 Å². The maximum absolute atomic E-state index is 11.8. The quantitative estimate of drug-likeness (QED) is 0.360. The second-order valence-corrected chi connectivity index (χ2v) is 9.35. The summed E-state index contributed by atoms with van der Waals surface area (Å²) in [5, 5.41) is 40.9. The summed E-state index contributed by atoms with van der Waals surface area (Å²) in [6.45, 7) is 5.39. The summed E-state index contributed by atoms with van der Waals surface area (Å²) in [4.78, 5) is 11.8. The maximum atomic E-state index is 11.8. The van der Waals surface area contributed by atoms with Crippen LogP contribution in [-0.4, -0.2) is 70.5 Å². The third-order valence-electron chi connectivity index (χ3n) is 5.95. The fourth-order valence-electron chi connectivity index (χ4n) is 3.77. The van der Waals surface area contributed by atoms with E-state index in [4.69, 9.17) is 18.9 Å². The Hall–Kier alpha value is -2.69. The minimum atomic E-state index is -1.60. The second-order valence-electron chi connectivity index (χ2n) is 9.35. The van der Waals surface area contributed by atoms with Crippen LogP contribution in [0.4, 0.5) is 4.79 Å². The van der Waals surface area contributed by atoms with Crippen molar-refractivity contribution in [3.63, 3.8) is 0 Å². The Morgan fingerprint density at radius 3 is 2.25 bits per heavy atom. The van der Waals surface area contributed by atoms with Crippen LogP contribution in [0.2, 0.25) is 0 Å². The van der Waals surface area contributed by atoms with Gasteiger partial charge in [-0.25, -0.2) is 4.79 Å². The first kappa shape index (κ1) is 27.9. The lowest BCUT2D eigenvalue weighted by Crippen LogP contribution is -2.60. The second kappa shape index (κ2) is 13.0. The zero-order valence-corrected chi connectivity index (χ0v) is 20.9. The number of benzene rings is 2. The Morgan fingerprint density at radius 2 is 1.61 bits per heavy atom. The SMILES string of the molecule is CCc1ccc(Cc2ccc(CO)cc2O[C@H]2O[C@H](COC(=O)OCC(C)C)[C@@H](O)[C@H](O)[C@H]2O)cc1. The van der Waals surface area contributed by atoms with E-state index in [9.17, 15) is 25.2 Å². The molecule has 2 aromatic carbocycles. The third-order valence-corrected chi connectivity index (χ3v) is 5.95. The van der Waals surface area contributed by atoms with Gasteiger partial charge in [0.2, 0.25) is 6.29 Å². The minimum absolute atomic E-state index is 0.122. The molecule has 198 valence electrons. The summed E-state index contributed by atoms with van der Waals surface area (Å²) >= 11 is 0. The molecule has 0 radical (unpaired) electrons. The number of rotatable bonds is 10. The number of carbonyl (C=O) groups is 1. The van der Waals surface area contributed by atoms with Crippen molar-refractivity contribution in [1.29, 1.82) is 0 Å². The van der Waals surface area contributed by atoms with Crippen molar-refractivity contribution in [1.82, 2.24) is 0 Å². The fraction of sp³-hybridized carbons (Fsp3) is 0.519. The number of hydrogen-bond donors (Lipinski definition) is 4. The molecule has 4 N–H and O–H groups in total. The molecule has 0 bridgehead atoms. The highest BCUT2D eigenvalue weighted by Gasteiger charge is 2.45. The van der Waals surface area contributed by atoms with Gasteiger partial charge in [0.25, 0.3) is 0 Å². The Bertz CT molecular complexity index is 976. The van der Waals surface area contributed by atoms with Gasteiger partial charge < -0.3 is 39.4 Å². The molecule has 0 spiro atoms. The molecule has 0 aromatic heterocycles. The molecular weight excluding hydrogens is 468 g/mol. The highest BCUT2D eigenvalue weighted by atomic mass is 16.7. The van der Waals surface area contributed by atoms with E-state index in [1.807, 2.05) is 32.0 Å². The third kappa shape index (κ3) is 7.41. The molecule has 0 unspecified atom stereocenters. The van der Waals surface area contributed by atoms with Crippen molar-refractivity contribution in [2.45, 2.75) is 70.9 Å². The molecule has 0 aliphatic carbocycles. The Morgan fingerprint density at radius 1 is 0.944 bits per heavy atom. The molecule has 1 aliphatic heterocycles. The lowest BCUT2D eigenvalue weighted by atomic mass is 9.98. The molecule has 9 nitrogen and oxygen atoms in total. The van der Waals surface area contributed by atoms with Gasteiger partial charge in [-0.1, -0.05) is 57.2 Å². The molecule has 9 heteroatoms. The normalized spacial score (nSPS) is 23.9. The van der Waals surface area contributed by atoms with Crippen molar-refractivity contribution in [2.75, 3.05) is 13.2 Å². The van der Waals surface area contributed by atoms with E-state index in [1.54, 1.807) is 12.1 Å². The van der Waals surface area contributed by atoms with Crippen LogP contribution in [0.5, 0.6) is 5.75 Å². The molecule has 0 saturated carbocycles. The zero-order chi connectivity index (χ0) is 26.2. The van der Waals surface area contributed by atoms with Crippen LogP contribution in [0, 0.1) is 5.92 Å². The van der Waals surface area contributed by atoms with Crippen LogP contribution >= 0.6 is 0 Å². The number of aryl methyl sites for hydroxylation is 1. The Kier molecular flexibility index (Phi) is 10.1. The number of aliphatic hydroxyl groups is 4. The number of carbonyl (C=O) groups excluding carboxylic acids is 1. The molecule has 36 heavy (non-hydrogen) atoms. The van der Waals surface area contributed by atoms with Gasteiger partial charge in [-0.15, -0.1) is 0 Å². The highest BCUT2D eigenvalue weighted by molar-refractivity contribution is 5.59. The largest absolute Gasteiger partial charge is 0.508 e. The maximum Gasteiger partial charge on any atom is 0.508 e. The van der Waals surface area contributed by atoms with Crippen LogP contribution in [0.25, 0.3) is 0 Å². The van der Waals surface area contributed by atoms with E-state index in [-0.39, 0.29) is 19.1 Å². The van der Waals surface area contributed by atoms with Crippen LogP contribution in [0.3, 0.4) is 0 Å². The summed E-state index contributed by atoms with van der Waals surface area (Å²) in [6.07, 6.45) is -6.68. The van der Waals surface area contributed by atoms with Crippen LogP contribution in [-0.2, 0) is 33.7 Å². The van der Waals surface area contributed by atoms with Gasteiger partial charge >= 0.3 is 6.16 Å². The minimum Gasteiger partial charge on any atom is -0.462 e. The predicted molar refractivity (Wildman–Crippen MR) is 130 cm³/mol. The average Bonchev–Trinajstić information content (AvgIpc) is 2.88. The number of hydrogen-bond acceptors (Lipinski definition) is 9. The fourth-order valence-corrected chi connectivity index (χ4v) is 3.77. The predicted octanol–water partition coefficient (Wildman–Crippen LogP) is 2.33. The molecular formula is C27H36O9. The zero-order valence-electron chi connectivity index (χ0n) is 20.9. The van der Waals surface area contributed by atoms with Gasteiger partial charge in [0.05, 0.1) is 13.2 Å². The smallest absolute Gasteiger partial charge is 0.462 e. The van der Waals surface area contributed by atoms with Crippen LogP contribution < -0.4 is 4.74 Å². The number of aliphatic hydroxyl groups excluding tert-OH is 4. The van der Waals surface area contributed by atoms with Crippen molar-refractivity contribution < 1.29 is 44.2 Å². The molecule has 0 amide bonds. The van der Waals surface area contributed by atoms with E-state index in [1.165, 1.54) is 5.56 Å².